The fraction of sp³-hybridized carbons (Fsp3) is 0.484. The first-order valence-electron chi connectivity index (χ1n) is 13.9. The van der Waals surface area contributed by atoms with Crippen molar-refractivity contribution in [2.75, 3.05) is 51.8 Å². The van der Waals surface area contributed by atoms with Gasteiger partial charge in [0.05, 0.1) is 12.3 Å². The van der Waals surface area contributed by atoms with E-state index < -0.39 is 0 Å². The lowest BCUT2D eigenvalue weighted by atomic mass is 9.92. The summed E-state index contributed by atoms with van der Waals surface area (Å²) in [5.74, 6) is 3.45. The molecule has 2 atom stereocenters. The van der Waals surface area contributed by atoms with Gasteiger partial charge in [-0.25, -0.2) is 9.97 Å². The van der Waals surface area contributed by atoms with Crippen LogP contribution in [0, 0.1) is 11.8 Å². The maximum absolute atomic E-state index is 6.31. The maximum Gasteiger partial charge on any atom is 0.227 e. The molecule has 0 saturated carbocycles. The van der Waals surface area contributed by atoms with Crippen LogP contribution in [0.25, 0.3) is 11.3 Å². The lowest BCUT2D eigenvalue weighted by Gasteiger charge is -2.27. The molecule has 4 rings (SSSR count). The first-order chi connectivity index (χ1) is 18.4. The number of benzene rings is 2. The molecular weight excluding hydrogens is 474 g/mol. The Morgan fingerprint density at radius 1 is 1.08 bits per heavy atom. The lowest BCUT2D eigenvalue weighted by molar-refractivity contribution is 0.198. The Hall–Kier alpha value is -3.16. The molecule has 38 heavy (non-hydrogen) atoms. The van der Waals surface area contributed by atoms with Crippen LogP contribution in [0.5, 0.6) is 11.5 Å². The SMILES string of the molecule is CCN(CC)CCOc1ccc2cc1CN(C)CC(C)C(C)CCOc1cccc(c1)-c1ccnc(n1)N2. The number of fused-ring (bicyclic) bond motifs is 7. The van der Waals surface area contributed by atoms with Crippen molar-refractivity contribution < 1.29 is 9.47 Å². The molecule has 0 aliphatic carbocycles. The van der Waals surface area contributed by atoms with Crippen molar-refractivity contribution in [2.24, 2.45) is 11.8 Å². The summed E-state index contributed by atoms with van der Waals surface area (Å²) >= 11 is 0. The van der Waals surface area contributed by atoms with Crippen LogP contribution in [0.4, 0.5) is 11.6 Å². The van der Waals surface area contributed by atoms with E-state index in [1.165, 1.54) is 0 Å². The third kappa shape index (κ3) is 7.68. The highest BCUT2D eigenvalue weighted by Crippen LogP contribution is 2.28. The quantitative estimate of drug-likeness (QED) is 0.424. The third-order valence-electron chi connectivity index (χ3n) is 7.51. The van der Waals surface area contributed by atoms with E-state index in [0.717, 1.165) is 73.2 Å². The number of hydrogen-bond acceptors (Lipinski definition) is 7. The molecule has 0 saturated heterocycles. The van der Waals surface area contributed by atoms with Gasteiger partial charge in [-0.05, 0) is 74.8 Å². The highest BCUT2D eigenvalue weighted by molar-refractivity contribution is 5.64. The molecular formula is C31H43N5O2. The average Bonchev–Trinajstić information content (AvgIpc) is 2.92. The molecule has 1 aromatic heterocycles. The Labute approximate surface area is 228 Å². The minimum Gasteiger partial charge on any atom is -0.494 e. The van der Waals surface area contributed by atoms with Gasteiger partial charge < -0.3 is 24.6 Å². The predicted molar refractivity (Wildman–Crippen MR) is 155 cm³/mol. The topological polar surface area (TPSA) is 62.8 Å². The van der Waals surface area contributed by atoms with Crippen molar-refractivity contribution in [2.45, 2.75) is 40.7 Å². The fourth-order valence-corrected chi connectivity index (χ4v) is 4.87. The molecule has 3 aromatic rings. The molecule has 2 aromatic carbocycles. The van der Waals surface area contributed by atoms with Crippen LogP contribution in [-0.4, -0.2) is 66.2 Å². The van der Waals surface area contributed by atoms with Crippen molar-refractivity contribution in [3.05, 3.63) is 60.3 Å². The monoisotopic (exact) mass is 517 g/mol. The lowest BCUT2D eigenvalue weighted by Crippen LogP contribution is -2.29. The summed E-state index contributed by atoms with van der Waals surface area (Å²) < 4.78 is 12.4. The van der Waals surface area contributed by atoms with Gasteiger partial charge in [0.2, 0.25) is 5.95 Å². The van der Waals surface area contributed by atoms with Crippen molar-refractivity contribution in [1.29, 1.82) is 0 Å². The summed E-state index contributed by atoms with van der Waals surface area (Å²) in [7, 11) is 2.19. The second-order valence-electron chi connectivity index (χ2n) is 10.4. The molecule has 0 spiro atoms. The van der Waals surface area contributed by atoms with Gasteiger partial charge in [-0.3, -0.25) is 0 Å². The molecule has 0 fully saturated rings. The maximum atomic E-state index is 6.31. The standard InChI is InChI=1S/C31H43N5O2/c1-6-36(7-2)16-18-38-30-12-11-27-19-26(30)22-35(5)21-24(4)23(3)14-17-37-28-10-8-9-25(20-28)29-13-15-32-31(33-27)34-29/h8-13,15,19-20,23-24H,6-7,14,16-18,21-22H2,1-5H3,(H,32,33,34). The number of nitrogens with zero attached hydrogens (tertiary/aromatic N) is 4. The van der Waals surface area contributed by atoms with Crippen molar-refractivity contribution in [1.82, 2.24) is 19.8 Å². The number of anilines is 2. The Morgan fingerprint density at radius 3 is 2.74 bits per heavy atom. The normalized spacial score (nSPS) is 18.7. The number of rotatable bonds is 6. The van der Waals surface area contributed by atoms with E-state index in [2.05, 4.69) is 79.1 Å². The van der Waals surface area contributed by atoms with Crippen molar-refractivity contribution in [3.63, 3.8) is 0 Å². The second kappa shape index (κ2) is 13.6. The van der Waals surface area contributed by atoms with Crippen LogP contribution < -0.4 is 14.8 Å². The van der Waals surface area contributed by atoms with Gasteiger partial charge in [-0.2, -0.15) is 0 Å². The minimum absolute atomic E-state index is 0.537. The van der Waals surface area contributed by atoms with Gasteiger partial charge >= 0.3 is 0 Å². The zero-order valence-corrected chi connectivity index (χ0v) is 23.6. The Balaban J connectivity index is 1.63. The summed E-state index contributed by atoms with van der Waals surface area (Å²) in [4.78, 5) is 14.0. The van der Waals surface area contributed by atoms with Crippen LogP contribution in [0.1, 0.15) is 39.7 Å². The zero-order chi connectivity index (χ0) is 26.9. The second-order valence-corrected chi connectivity index (χ2v) is 10.4. The molecule has 0 amide bonds. The zero-order valence-electron chi connectivity index (χ0n) is 23.6. The van der Waals surface area contributed by atoms with Gasteiger partial charge in [0, 0.05) is 42.6 Å². The van der Waals surface area contributed by atoms with E-state index >= 15 is 0 Å². The van der Waals surface area contributed by atoms with Gasteiger partial charge in [-0.15, -0.1) is 0 Å². The summed E-state index contributed by atoms with van der Waals surface area (Å²) in [5.41, 5.74) is 3.97. The molecule has 2 unspecified atom stereocenters. The van der Waals surface area contributed by atoms with Gasteiger partial charge in [-0.1, -0.05) is 39.8 Å². The summed E-state index contributed by atoms with van der Waals surface area (Å²) in [6, 6.07) is 16.4. The first kappa shape index (κ1) is 27.9. The van der Waals surface area contributed by atoms with Crippen molar-refractivity contribution in [3.8, 4) is 22.8 Å². The molecule has 2 heterocycles. The number of likely N-dealkylation sites (N-methyl/N-ethyl adjacent to an activating group) is 1. The molecule has 7 nitrogen and oxygen atoms in total. The predicted octanol–water partition coefficient (Wildman–Crippen LogP) is 6.09. The highest BCUT2D eigenvalue weighted by atomic mass is 16.5. The number of nitrogens with one attached hydrogen (secondary N) is 1. The molecule has 6 bridgehead atoms. The highest BCUT2D eigenvalue weighted by Gasteiger charge is 2.17. The van der Waals surface area contributed by atoms with Gasteiger partial charge in [0.1, 0.15) is 18.1 Å². The van der Waals surface area contributed by atoms with Gasteiger partial charge in [0.25, 0.3) is 0 Å². The number of ether oxygens (including phenoxy) is 2. The van der Waals surface area contributed by atoms with Crippen LogP contribution in [0.2, 0.25) is 0 Å². The van der Waals surface area contributed by atoms with E-state index in [1.807, 2.05) is 24.3 Å². The summed E-state index contributed by atoms with van der Waals surface area (Å²) in [6.45, 7) is 15.2. The molecule has 204 valence electrons. The van der Waals surface area contributed by atoms with E-state index in [-0.39, 0.29) is 0 Å². The first-order valence-corrected chi connectivity index (χ1v) is 13.9. The molecule has 1 aliphatic heterocycles. The van der Waals surface area contributed by atoms with E-state index in [9.17, 15) is 0 Å². The van der Waals surface area contributed by atoms with Crippen LogP contribution >= 0.6 is 0 Å². The largest absolute Gasteiger partial charge is 0.494 e. The van der Waals surface area contributed by atoms with E-state index in [4.69, 9.17) is 14.5 Å². The minimum atomic E-state index is 0.537. The Kier molecular flexibility index (Phi) is 9.96. The smallest absolute Gasteiger partial charge is 0.227 e. The van der Waals surface area contributed by atoms with Gasteiger partial charge in [0.15, 0.2) is 0 Å². The molecule has 0 radical (unpaired) electrons. The molecule has 7 heteroatoms. The van der Waals surface area contributed by atoms with Crippen LogP contribution in [0.15, 0.2) is 54.7 Å². The average molecular weight is 518 g/mol. The molecule has 1 N–H and O–H groups in total. The fourth-order valence-electron chi connectivity index (χ4n) is 4.87. The summed E-state index contributed by atoms with van der Waals surface area (Å²) in [5, 5.41) is 3.41. The third-order valence-corrected chi connectivity index (χ3v) is 7.51. The Morgan fingerprint density at radius 2 is 1.92 bits per heavy atom. The van der Waals surface area contributed by atoms with E-state index in [1.54, 1.807) is 6.20 Å². The number of hydrogen-bond donors (Lipinski definition) is 1. The number of aromatic nitrogens is 2. The van der Waals surface area contributed by atoms with Crippen molar-refractivity contribution >= 4 is 11.6 Å². The summed E-state index contributed by atoms with van der Waals surface area (Å²) in [6.07, 6.45) is 2.80. The van der Waals surface area contributed by atoms with Crippen LogP contribution in [-0.2, 0) is 6.54 Å². The Bertz CT molecular complexity index is 1170. The molecule has 1 aliphatic rings. The van der Waals surface area contributed by atoms with E-state index in [0.29, 0.717) is 31.0 Å². The van der Waals surface area contributed by atoms with Crippen LogP contribution in [0.3, 0.4) is 0 Å².